The molecule has 0 fully saturated rings. The molecule has 0 saturated carbocycles. The minimum atomic E-state index is -0.239. The molecule has 5 nitrogen and oxygen atoms in total. The fraction of sp³-hybridized carbons (Fsp3) is 0.417. The number of azide groups is 1. The number of carbonyl (C=O) groups is 1. The molecule has 0 radical (unpaired) electrons. The third kappa shape index (κ3) is 4.57. The predicted octanol–water partition coefficient (Wildman–Crippen LogP) is 2.75. The molecule has 1 rings (SSSR count). The van der Waals surface area contributed by atoms with E-state index in [0.29, 0.717) is 18.7 Å². The van der Waals surface area contributed by atoms with Crippen LogP contribution in [-0.2, 0) is 0 Å². The molecule has 0 aliphatic carbocycles. The van der Waals surface area contributed by atoms with Gasteiger partial charge in [-0.15, -0.1) is 0 Å². The predicted molar refractivity (Wildman–Crippen MR) is 66.6 cm³/mol. The van der Waals surface area contributed by atoms with Crippen molar-refractivity contribution in [3.8, 4) is 0 Å². The summed E-state index contributed by atoms with van der Waals surface area (Å²) in [5.41, 5.74) is 8.65. The van der Waals surface area contributed by atoms with Crippen LogP contribution in [-0.4, -0.2) is 19.0 Å². The van der Waals surface area contributed by atoms with E-state index < -0.39 is 0 Å². The van der Waals surface area contributed by atoms with Gasteiger partial charge in [0.15, 0.2) is 0 Å². The molecule has 1 aromatic carbocycles. The van der Waals surface area contributed by atoms with Crippen molar-refractivity contribution in [2.24, 2.45) is 10.5 Å². The van der Waals surface area contributed by atoms with Crippen molar-refractivity contribution in [3.05, 3.63) is 46.3 Å². The first-order valence-corrected chi connectivity index (χ1v) is 5.39. The first kappa shape index (κ1) is 13.1. The topological polar surface area (TPSA) is 77.9 Å². The average Bonchev–Trinajstić information content (AvgIpc) is 2.35. The van der Waals surface area contributed by atoms with E-state index in [9.17, 15) is 4.79 Å². The molecule has 0 spiro atoms. The van der Waals surface area contributed by atoms with Gasteiger partial charge in [-0.25, -0.2) is 0 Å². The second-order valence-electron chi connectivity index (χ2n) is 4.60. The summed E-state index contributed by atoms with van der Waals surface area (Å²) in [7, 11) is 0. The van der Waals surface area contributed by atoms with Crippen molar-refractivity contribution in [2.45, 2.75) is 13.8 Å². The Morgan fingerprint density at radius 2 is 2.06 bits per heavy atom. The third-order valence-electron chi connectivity index (χ3n) is 2.33. The van der Waals surface area contributed by atoms with Gasteiger partial charge in [-0.1, -0.05) is 37.2 Å². The molecule has 0 bridgehead atoms. The van der Waals surface area contributed by atoms with Crippen molar-refractivity contribution in [2.75, 3.05) is 13.1 Å². The van der Waals surface area contributed by atoms with Crippen LogP contribution in [0.3, 0.4) is 0 Å². The summed E-state index contributed by atoms with van der Waals surface area (Å²) in [5.74, 6) is -0.111. The number of hydrogen-bond donors (Lipinski definition) is 1. The van der Waals surface area contributed by atoms with E-state index in [1.54, 1.807) is 12.1 Å². The monoisotopic (exact) mass is 232 g/mol. The number of rotatable bonds is 5. The highest BCUT2D eigenvalue weighted by Crippen LogP contribution is 2.14. The molecule has 0 unspecified atom stereocenters. The summed E-state index contributed by atoms with van der Waals surface area (Å²) in [5, 5.41) is 6.35. The summed E-state index contributed by atoms with van der Waals surface area (Å²) >= 11 is 0. The highest BCUT2D eigenvalue weighted by molar-refractivity contribution is 5.94. The Kier molecular flexibility index (Phi) is 4.55. The van der Waals surface area contributed by atoms with Gasteiger partial charge < -0.3 is 5.32 Å². The van der Waals surface area contributed by atoms with Crippen LogP contribution < -0.4 is 5.32 Å². The summed E-state index contributed by atoms with van der Waals surface area (Å²) in [6, 6.07) is 9.02. The quantitative estimate of drug-likeness (QED) is 0.473. The second-order valence-corrected chi connectivity index (χ2v) is 4.60. The van der Waals surface area contributed by atoms with Crippen LogP contribution in [0.5, 0.6) is 0 Å². The maximum atomic E-state index is 11.8. The van der Waals surface area contributed by atoms with E-state index in [2.05, 4.69) is 15.3 Å². The van der Waals surface area contributed by atoms with E-state index in [1.165, 1.54) is 0 Å². The Bertz CT molecular complexity index is 421. The third-order valence-corrected chi connectivity index (χ3v) is 2.33. The van der Waals surface area contributed by atoms with Crippen LogP contribution in [0.15, 0.2) is 35.4 Å². The molecule has 17 heavy (non-hydrogen) atoms. The van der Waals surface area contributed by atoms with Gasteiger partial charge in [0, 0.05) is 23.6 Å². The Hall–Kier alpha value is -2.00. The smallest absolute Gasteiger partial charge is 0.251 e. The second kappa shape index (κ2) is 5.92. The lowest BCUT2D eigenvalue weighted by molar-refractivity contribution is 0.0938. The van der Waals surface area contributed by atoms with Crippen LogP contribution in [0.2, 0.25) is 0 Å². The van der Waals surface area contributed by atoms with Crippen molar-refractivity contribution in [1.29, 1.82) is 0 Å². The zero-order valence-corrected chi connectivity index (χ0v) is 10.1. The van der Waals surface area contributed by atoms with Crippen LogP contribution in [0.25, 0.3) is 10.4 Å². The van der Waals surface area contributed by atoms with Gasteiger partial charge in [0.1, 0.15) is 0 Å². The molecule has 0 heterocycles. The minimum Gasteiger partial charge on any atom is -0.352 e. The fourth-order valence-electron chi connectivity index (χ4n) is 1.29. The van der Waals surface area contributed by atoms with Crippen molar-refractivity contribution in [3.63, 3.8) is 0 Å². The molecule has 1 amide bonds. The Morgan fingerprint density at radius 3 is 2.65 bits per heavy atom. The van der Waals surface area contributed by atoms with Crippen LogP contribution in [0.1, 0.15) is 24.2 Å². The summed E-state index contributed by atoms with van der Waals surface area (Å²) in [6.45, 7) is 4.71. The van der Waals surface area contributed by atoms with Crippen LogP contribution in [0.4, 0.5) is 0 Å². The van der Waals surface area contributed by atoms with E-state index in [4.69, 9.17) is 5.53 Å². The van der Waals surface area contributed by atoms with E-state index in [0.717, 1.165) is 0 Å². The highest BCUT2D eigenvalue weighted by Gasteiger charge is 2.18. The minimum absolute atomic E-state index is 0.111. The number of hydrogen-bond acceptors (Lipinski definition) is 2. The number of amides is 1. The van der Waals surface area contributed by atoms with Gasteiger partial charge in [0.25, 0.3) is 5.91 Å². The maximum Gasteiger partial charge on any atom is 0.251 e. The largest absolute Gasteiger partial charge is 0.352 e. The Morgan fingerprint density at radius 1 is 1.41 bits per heavy atom. The molecular weight excluding hydrogens is 216 g/mol. The molecule has 90 valence electrons. The Labute approximate surface area is 100 Å². The standard InChI is InChI=1S/C12H16N4O/c1-12(2,9-15-16-13)8-14-11(17)10-6-4-3-5-7-10/h3-7H,8-9H2,1-2H3,(H,14,17). The van der Waals surface area contributed by atoms with Gasteiger partial charge >= 0.3 is 0 Å². The van der Waals surface area contributed by atoms with Gasteiger partial charge in [-0.2, -0.15) is 0 Å². The normalized spacial score (nSPS) is 10.5. The summed E-state index contributed by atoms with van der Waals surface area (Å²) in [4.78, 5) is 14.5. The van der Waals surface area contributed by atoms with Gasteiger partial charge in [0.05, 0.1) is 0 Å². The highest BCUT2D eigenvalue weighted by atomic mass is 16.1. The lowest BCUT2D eigenvalue weighted by Gasteiger charge is -2.22. The lowest BCUT2D eigenvalue weighted by Crippen LogP contribution is -2.35. The van der Waals surface area contributed by atoms with Crippen LogP contribution >= 0.6 is 0 Å². The van der Waals surface area contributed by atoms with E-state index >= 15 is 0 Å². The molecule has 0 atom stereocenters. The molecule has 0 aromatic heterocycles. The van der Waals surface area contributed by atoms with Crippen molar-refractivity contribution >= 4 is 5.91 Å². The number of nitrogens with zero attached hydrogens (tertiary/aromatic N) is 3. The number of benzene rings is 1. The first-order valence-electron chi connectivity index (χ1n) is 5.39. The van der Waals surface area contributed by atoms with Gasteiger partial charge in [-0.3, -0.25) is 4.79 Å². The fourth-order valence-corrected chi connectivity index (χ4v) is 1.29. The maximum absolute atomic E-state index is 11.8. The zero-order valence-electron chi connectivity index (χ0n) is 10.1. The summed E-state index contributed by atoms with van der Waals surface area (Å²) in [6.07, 6.45) is 0. The number of carbonyl (C=O) groups excluding carboxylic acids is 1. The van der Waals surface area contributed by atoms with Crippen molar-refractivity contribution in [1.82, 2.24) is 5.32 Å². The summed E-state index contributed by atoms with van der Waals surface area (Å²) < 4.78 is 0. The Balaban J connectivity index is 2.51. The molecule has 0 aliphatic rings. The SMILES string of the molecule is CC(C)(CN=[N+]=[N-])CNC(=O)c1ccccc1. The van der Waals surface area contributed by atoms with E-state index in [-0.39, 0.29) is 11.3 Å². The van der Waals surface area contributed by atoms with Gasteiger partial charge in [0.2, 0.25) is 0 Å². The van der Waals surface area contributed by atoms with Gasteiger partial charge in [-0.05, 0) is 23.1 Å². The molecule has 1 N–H and O–H groups in total. The molecule has 0 saturated heterocycles. The molecule has 1 aromatic rings. The number of nitrogens with one attached hydrogen (secondary N) is 1. The van der Waals surface area contributed by atoms with Crippen molar-refractivity contribution < 1.29 is 4.79 Å². The lowest BCUT2D eigenvalue weighted by atomic mass is 9.94. The molecule has 5 heteroatoms. The van der Waals surface area contributed by atoms with E-state index in [1.807, 2.05) is 32.0 Å². The first-order chi connectivity index (χ1) is 8.05. The zero-order chi connectivity index (χ0) is 12.7. The molecule has 0 aliphatic heterocycles. The molecular formula is C12H16N4O. The average molecular weight is 232 g/mol. The van der Waals surface area contributed by atoms with Crippen LogP contribution in [0, 0.1) is 5.41 Å².